The number of para-hydroxylation sites is 1. The van der Waals surface area contributed by atoms with Crippen LogP contribution in [0.1, 0.15) is 38.7 Å². The summed E-state index contributed by atoms with van der Waals surface area (Å²) in [6.07, 6.45) is 1.48. The van der Waals surface area contributed by atoms with E-state index in [2.05, 4.69) is 19.2 Å². The van der Waals surface area contributed by atoms with Crippen LogP contribution in [0.4, 0.5) is 11.4 Å². The van der Waals surface area contributed by atoms with Crippen molar-refractivity contribution in [3.63, 3.8) is 0 Å². The number of amides is 1. The molecule has 6 heteroatoms. The van der Waals surface area contributed by atoms with Gasteiger partial charge >= 0.3 is 0 Å². The van der Waals surface area contributed by atoms with E-state index in [0.29, 0.717) is 23.7 Å². The minimum absolute atomic E-state index is 0.348. The van der Waals surface area contributed by atoms with Crippen LogP contribution >= 0.6 is 0 Å². The summed E-state index contributed by atoms with van der Waals surface area (Å²) in [5.41, 5.74) is 2.31. The zero-order valence-electron chi connectivity index (χ0n) is 15.6. The predicted octanol–water partition coefficient (Wildman–Crippen LogP) is 3.99. The first-order chi connectivity index (χ1) is 12.2. The molecule has 26 heavy (non-hydrogen) atoms. The SMILES string of the molecule is CC[C@@H](C(=O)Nc1ccc(C(C)C)cc1)N(c1ccccc1)S(C)(=O)=O. The van der Waals surface area contributed by atoms with Crippen LogP contribution in [0.25, 0.3) is 0 Å². The van der Waals surface area contributed by atoms with Gasteiger partial charge in [-0.1, -0.05) is 51.1 Å². The molecule has 0 bridgehead atoms. The molecule has 0 fully saturated rings. The Kier molecular flexibility index (Phi) is 6.42. The van der Waals surface area contributed by atoms with Gasteiger partial charge in [-0.25, -0.2) is 8.42 Å². The van der Waals surface area contributed by atoms with E-state index in [-0.39, 0.29) is 5.91 Å². The van der Waals surface area contributed by atoms with E-state index in [1.54, 1.807) is 37.3 Å². The third-order valence-corrected chi connectivity index (χ3v) is 5.37. The van der Waals surface area contributed by atoms with E-state index >= 15 is 0 Å². The molecule has 0 aliphatic carbocycles. The first-order valence-electron chi connectivity index (χ1n) is 8.69. The van der Waals surface area contributed by atoms with E-state index in [4.69, 9.17) is 0 Å². The highest BCUT2D eigenvalue weighted by Crippen LogP contribution is 2.23. The maximum absolute atomic E-state index is 12.8. The Morgan fingerprint density at radius 2 is 1.62 bits per heavy atom. The Balaban J connectivity index is 2.28. The quantitative estimate of drug-likeness (QED) is 0.797. The van der Waals surface area contributed by atoms with Crippen molar-refractivity contribution < 1.29 is 13.2 Å². The highest BCUT2D eigenvalue weighted by molar-refractivity contribution is 7.92. The molecule has 1 amide bonds. The fourth-order valence-corrected chi connectivity index (χ4v) is 4.02. The number of sulfonamides is 1. The summed E-state index contributed by atoms with van der Waals surface area (Å²) >= 11 is 0. The molecule has 2 rings (SSSR count). The van der Waals surface area contributed by atoms with Crippen LogP contribution in [0, 0.1) is 0 Å². The van der Waals surface area contributed by atoms with Gasteiger partial charge in [0.25, 0.3) is 0 Å². The first-order valence-corrected chi connectivity index (χ1v) is 10.5. The second kappa shape index (κ2) is 8.36. The Morgan fingerprint density at radius 1 is 1.04 bits per heavy atom. The molecule has 0 aliphatic heterocycles. The fourth-order valence-electron chi connectivity index (χ4n) is 2.81. The summed E-state index contributed by atoms with van der Waals surface area (Å²) in [6.45, 7) is 6.00. The summed E-state index contributed by atoms with van der Waals surface area (Å²) in [7, 11) is -3.61. The molecule has 1 atom stereocenters. The zero-order chi connectivity index (χ0) is 19.3. The lowest BCUT2D eigenvalue weighted by Gasteiger charge is -2.30. The Morgan fingerprint density at radius 3 is 2.08 bits per heavy atom. The zero-order valence-corrected chi connectivity index (χ0v) is 16.5. The summed E-state index contributed by atoms with van der Waals surface area (Å²) in [6, 6.07) is 15.5. The molecule has 1 N–H and O–H groups in total. The monoisotopic (exact) mass is 374 g/mol. The van der Waals surface area contributed by atoms with Crippen LogP contribution in [-0.2, 0) is 14.8 Å². The van der Waals surface area contributed by atoms with E-state index in [0.717, 1.165) is 6.26 Å². The van der Waals surface area contributed by atoms with Crippen molar-refractivity contribution in [2.45, 2.75) is 39.2 Å². The standard InChI is InChI=1S/C20H26N2O3S/c1-5-19(22(26(4,24)25)18-9-7-6-8-10-18)20(23)21-17-13-11-16(12-14-17)15(2)3/h6-15,19H,5H2,1-4H3,(H,21,23)/t19-/m0/s1. The summed E-state index contributed by atoms with van der Waals surface area (Å²) in [5.74, 6) is 0.0565. The molecule has 140 valence electrons. The molecule has 2 aromatic carbocycles. The van der Waals surface area contributed by atoms with Crippen LogP contribution in [0.5, 0.6) is 0 Å². The smallest absolute Gasteiger partial charge is 0.248 e. The Labute approximate surface area is 156 Å². The maximum atomic E-state index is 12.8. The van der Waals surface area contributed by atoms with Crippen LogP contribution in [-0.4, -0.2) is 26.6 Å². The van der Waals surface area contributed by atoms with Crippen molar-refractivity contribution in [1.29, 1.82) is 0 Å². The maximum Gasteiger partial charge on any atom is 0.248 e. The molecular weight excluding hydrogens is 348 g/mol. The highest BCUT2D eigenvalue weighted by Gasteiger charge is 2.31. The molecule has 0 aromatic heterocycles. The molecule has 0 unspecified atom stereocenters. The van der Waals surface area contributed by atoms with Gasteiger partial charge in [0.15, 0.2) is 0 Å². The van der Waals surface area contributed by atoms with E-state index in [1.165, 1.54) is 9.87 Å². The average molecular weight is 375 g/mol. The third kappa shape index (κ3) is 4.85. The summed E-state index contributed by atoms with van der Waals surface area (Å²) < 4.78 is 25.9. The van der Waals surface area contributed by atoms with Crippen molar-refractivity contribution in [2.75, 3.05) is 15.9 Å². The molecule has 0 aliphatic rings. The van der Waals surface area contributed by atoms with E-state index in [1.807, 2.05) is 24.3 Å². The van der Waals surface area contributed by atoms with Crippen LogP contribution in [0.15, 0.2) is 54.6 Å². The van der Waals surface area contributed by atoms with E-state index < -0.39 is 16.1 Å². The van der Waals surface area contributed by atoms with Gasteiger partial charge < -0.3 is 5.32 Å². The number of benzene rings is 2. The van der Waals surface area contributed by atoms with Gasteiger partial charge in [-0.05, 0) is 42.2 Å². The van der Waals surface area contributed by atoms with Crippen LogP contribution in [0.3, 0.4) is 0 Å². The second-order valence-electron chi connectivity index (χ2n) is 6.58. The van der Waals surface area contributed by atoms with Crippen LogP contribution in [0.2, 0.25) is 0 Å². The number of rotatable bonds is 7. The highest BCUT2D eigenvalue weighted by atomic mass is 32.2. The second-order valence-corrected chi connectivity index (χ2v) is 8.44. The van der Waals surface area contributed by atoms with Gasteiger partial charge in [0.1, 0.15) is 6.04 Å². The number of hydrogen-bond acceptors (Lipinski definition) is 3. The van der Waals surface area contributed by atoms with E-state index in [9.17, 15) is 13.2 Å². The Hall–Kier alpha value is -2.34. The minimum Gasteiger partial charge on any atom is -0.324 e. The molecule has 0 spiro atoms. The molecule has 0 heterocycles. The number of nitrogens with one attached hydrogen (secondary N) is 1. The lowest BCUT2D eigenvalue weighted by atomic mass is 10.0. The van der Waals surface area contributed by atoms with Crippen molar-refractivity contribution >= 4 is 27.3 Å². The number of carbonyl (C=O) groups is 1. The normalized spacial score (nSPS) is 12.7. The molecule has 2 aromatic rings. The number of anilines is 2. The summed E-state index contributed by atoms with van der Waals surface area (Å²) in [5, 5.41) is 2.84. The largest absolute Gasteiger partial charge is 0.324 e. The minimum atomic E-state index is -3.61. The van der Waals surface area contributed by atoms with Gasteiger partial charge in [0, 0.05) is 5.69 Å². The fraction of sp³-hybridized carbons (Fsp3) is 0.350. The van der Waals surface area contributed by atoms with Gasteiger partial charge in [-0.2, -0.15) is 0 Å². The van der Waals surface area contributed by atoms with Crippen molar-refractivity contribution in [1.82, 2.24) is 0 Å². The number of nitrogens with zero attached hydrogens (tertiary/aromatic N) is 1. The van der Waals surface area contributed by atoms with Crippen LogP contribution < -0.4 is 9.62 Å². The summed E-state index contributed by atoms with van der Waals surface area (Å²) in [4.78, 5) is 12.8. The number of carbonyl (C=O) groups excluding carboxylic acids is 1. The number of hydrogen-bond donors (Lipinski definition) is 1. The van der Waals surface area contributed by atoms with Gasteiger partial charge in [0.2, 0.25) is 15.9 Å². The van der Waals surface area contributed by atoms with Crippen molar-refractivity contribution in [3.8, 4) is 0 Å². The molecule has 0 saturated carbocycles. The topological polar surface area (TPSA) is 66.5 Å². The van der Waals surface area contributed by atoms with Crippen molar-refractivity contribution in [3.05, 3.63) is 60.2 Å². The molecular formula is C20H26N2O3S. The van der Waals surface area contributed by atoms with Gasteiger partial charge in [-0.15, -0.1) is 0 Å². The van der Waals surface area contributed by atoms with Gasteiger partial charge in [0.05, 0.1) is 11.9 Å². The van der Waals surface area contributed by atoms with Crippen molar-refractivity contribution in [2.24, 2.45) is 0 Å². The first kappa shape index (κ1) is 20.0. The molecule has 5 nitrogen and oxygen atoms in total. The average Bonchev–Trinajstić information content (AvgIpc) is 2.59. The predicted molar refractivity (Wildman–Crippen MR) is 107 cm³/mol. The third-order valence-electron chi connectivity index (χ3n) is 4.19. The lowest BCUT2D eigenvalue weighted by molar-refractivity contribution is -0.117. The molecule has 0 radical (unpaired) electrons. The molecule has 0 saturated heterocycles. The lowest BCUT2D eigenvalue weighted by Crippen LogP contribution is -2.46. The Bertz CT molecular complexity index is 831. The van der Waals surface area contributed by atoms with Gasteiger partial charge in [-0.3, -0.25) is 9.10 Å².